The molecule has 0 saturated heterocycles. The molecule has 1 aliphatic carbocycles. The normalized spacial score (nSPS) is 17.4. The van der Waals surface area contributed by atoms with Crippen LogP contribution in [-0.4, -0.2) is 11.5 Å². The van der Waals surface area contributed by atoms with Gasteiger partial charge in [0, 0.05) is 12.6 Å². The zero-order chi connectivity index (χ0) is 13.9. The van der Waals surface area contributed by atoms with Gasteiger partial charge in [-0.1, -0.05) is 25.8 Å². The van der Waals surface area contributed by atoms with E-state index in [1.165, 1.54) is 25.7 Å². The van der Waals surface area contributed by atoms with E-state index >= 15 is 0 Å². The Kier molecular flexibility index (Phi) is 4.08. The van der Waals surface area contributed by atoms with E-state index < -0.39 is 0 Å². The molecule has 0 unspecified atom stereocenters. The van der Waals surface area contributed by atoms with Gasteiger partial charge in [-0.25, -0.2) is 0 Å². The highest BCUT2D eigenvalue weighted by Crippen LogP contribution is 2.41. The van der Waals surface area contributed by atoms with Crippen LogP contribution in [0.2, 0.25) is 0 Å². The molecule has 1 saturated carbocycles. The second kappa shape index (κ2) is 5.59. The van der Waals surface area contributed by atoms with Gasteiger partial charge < -0.3 is 5.32 Å². The molecule has 104 valence electrons. The fourth-order valence-electron chi connectivity index (χ4n) is 3.01. The van der Waals surface area contributed by atoms with Gasteiger partial charge in [0.15, 0.2) is 0 Å². The third-order valence-electron chi connectivity index (χ3n) is 4.42. The maximum atomic E-state index is 11.0. The summed E-state index contributed by atoms with van der Waals surface area (Å²) in [6.45, 7) is 5.02. The van der Waals surface area contributed by atoms with Crippen LogP contribution in [0.25, 0.3) is 0 Å². The van der Waals surface area contributed by atoms with Crippen molar-refractivity contribution in [1.29, 1.82) is 0 Å². The summed E-state index contributed by atoms with van der Waals surface area (Å²) in [6, 6.07) is 5.25. The molecule has 0 heterocycles. The summed E-state index contributed by atoms with van der Waals surface area (Å²) in [5.41, 5.74) is 2.21. The molecule has 1 N–H and O–H groups in total. The van der Waals surface area contributed by atoms with Crippen LogP contribution in [0.5, 0.6) is 0 Å². The minimum absolute atomic E-state index is 0.176. The van der Waals surface area contributed by atoms with Gasteiger partial charge in [-0.2, -0.15) is 0 Å². The molecule has 0 amide bonds. The number of nitrogens with zero attached hydrogens (tertiary/aromatic N) is 1. The van der Waals surface area contributed by atoms with Crippen LogP contribution >= 0.6 is 0 Å². The second-order valence-electron chi connectivity index (χ2n) is 5.69. The van der Waals surface area contributed by atoms with E-state index in [1.54, 1.807) is 12.1 Å². The lowest BCUT2D eigenvalue weighted by Gasteiger charge is -2.28. The summed E-state index contributed by atoms with van der Waals surface area (Å²) in [5.74, 6) is 0. The number of anilines is 1. The molecular formula is C15H22N2O2. The molecular weight excluding hydrogens is 240 g/mol. The van der Waals surface area contributed by atoms with Gasteiger partial charge in [-0.05, 0) is 43.2 Å². The molecule has 0 spiro atoms. The molecule has 4 nitrogen and oxygen atoms in total. The van der Waals surface area contributed by atoms with Crippen molar-refractivity contribution in [2.45, 2.75) is 46.0 Å². The number of nitro groups is 1. The lowest BCUT2D eigenvalue weighted by Crippen LogP contribution is -2.26. The van der Waals surface area contributed by atoms with Crippen molar-refractivity contribution in [3.63, 3.8) is 0 Å². The number of nitrogens with one attached hydrogen (secondary N) is 1. The van der Waals surface area contributed by atoms with E-state index in [0.29, 0.717) is 11.1 Å². The second-order valence-corrected chi connectivity index (χ2v) is 5.69. The van der Waals surface area contributed by atoms with Gasteiger partial charge in [0.1, 0.15) is 5.69 Å². The number of hydrogen-bond donors (Lipinski definition) is 1. The smallest absolute Gasteiger partial charge is 0.292 e. The SMILES string of the molecule is CCC1(CNc2cc(C)ccc2[N+](=O)[O-])CCCC1. The number of hydrogen-bond acceptors (Lipinski definition) is 3. The van der Waals surface area contributed by atoms with E-state index in [4.69, 9.17) is 0 Å². The molecule has 2 rings (SSSR count). The zero-order valence-electron chi connectivity index (χ0n) is 11.7. The largest absolute Gasteiger partial charge is 0.379 e. The fourth-order valence-corrected chi connectivity index (χ4v) is 3.01. The van der Waals surface area contributed by atoms with Crippen LogP contribution < -0.4 is 5.32 Å². The average Bonchev–Trinajstić information content (AvgIpc) is 2.85. The first kappa shape index (κ1) is 13.8. The molecule has 0 atom stereocenters. The van der Waals surface area contributed by atoms with Crippen LogP contribution in [-0.2, 0) is 0 Å². The molecule has 0 aromatic heterocycles. The number of benzene rings is 1. The van der Waals surface area contributed by atoms with Gasteiger partial charge in [0.2, 0.25) is 0 Å². The van der Waals surface area contributed by atoms with E-state index in [0.717, 1.165) is 18.5 Å². The third kappa shape index (κ3) is 3.06. The van der Waals surface area contributed by atoms with Gasteiger partial charge in [0.05, 0.1) is 4.92 Å². The van der Waals surface area contributed by atoms with Crippen LogP contribution in [0.3, 0.4) is 0 Å². The monoisotopic (exact) mass is 262 g/mol. The van der Waals surface area contributed by atoms with E-state index in [2.05, 4.69) is 12.2 Å². The van der Waals surface area contributed by atoms with Crippen molar-refractivity contribution >= 4 is 11.4 Å². The Bertz CT molecular complexity index is 465. The summed E-state index contributed by atoms with van der Waals surface area (Å²) in [7, 11) is 0. The highest BCUT2D eigenvalue weighted by molar-refractivity contribution is 5.62. The fraction of sp³-hybridized carbons (Fsp3) is 0.600. The van der Waals surface area contributed by atoms with Gasteiger partial charge >= 0.3 is 0 Å². The Morgan fingerprint density at radius 2 is 2.05 bits per heavy atom. The maximum absolute atomic E-state index is 11.0. The minimum atomic E-state index is -0.310. The topological polar surface area (TPSA) is 55.2 Å². The summed E-state index contributed by atoms with van der Waals surface area (Å²) >= 11 is 0. The molecule has 4 heteroatoms. The third-order valence-corrected chi connectivity index (χ3v) is 4.42. The minimum Gasteiger partial charge on any atom is -0.379 e. The summed E-state index contributed by atoms with van der Waals surface area (Å²) < 4.78 is 0. The quantitative estimate of drug-likeness (QED) is 0.636. The standard InChI is InChI=1S/C15H22N2O2/c1-3-15(8-4-5-9-15)11-16-13-10-12(2)6-7-14(13)17(18)19/h6-7,10,16H,3-5,8-9,11H2,1-2H3. The van der Waals surface area contributed by atoms with Crippen molar-refractivity contribution in [2.75, 3.05) is 11.9 Å². The van der Waals surface area contributed by atoms with Gasteiger partial charge in [0.25, 0.3) is 5.69 Å². The van der Waals surface area contributed by atoms with Crippen molar-refractivity contribution in [1.82, 2.24) is 0 Å². The van der Waals surface area contributed by atoms with Crippen LogP contribution in [0.15, 0.2) is 18.2 Å². The highest BCUT2D eigenvalue weighted by Gasteiger charge is 2.32. The van der Waals surface area contributed by atoms with Crippen molar-refractivity contribution < 1.29 is 4.92 Å². The van der Waals surface area contributed by atoms with Gasteiger partial charge in [-0.15, -0.1) is 0 Å². The van der Waals surface area contributed by atoms with Crippen molar-refractivity contribution in [3.8, 4) is 0 Å². The predicted octanol–water partition coefficient (Wildman–Crippen LogP) is 4.29. The lowest BCUT2D eigenvalue weighted by molar-refractivity contribution is -0.384. The van der Waals surface area contributed by atoms with E-state index in [1.807, 2.05) is 13.0 Å². The number of nitro benzene ring substituents is 1. The van der Waals surface area contributed by atoms with Gasteiger partial charge in [-0.3, -0.25) is 10.1 Å². The predicted molar refractivity (Wildman–Crippen MR) is 77.5 cm³/mol. The molecule has 1 aromatic carbocycles. The Morgan fingerprint density at radius 1 is 1.37 bits per heavy atom. The Balaban J connectivity index is 2.14. The van der Waals surface area contributed by atoms with Crippen molar-refractivity contribution in [3.05, 3.63) is 33.9 Å². The maximum Gasteiger partial charge on any atom is 0.292 e. The summed E-state index contributed by atoms with van der Waals surface area (Å²) in [6.07, 6.45) is 6.17. The van der Waals surface area contributed by atoms with Crippen molar-refractivity contribution in [2.24, 2.45) is 5.41 Å². The Morgan fingerprint density at radius 3 is 2.63 bits per heavy atom. The molecule has 1 fully saturated rings. The molecule has 19 heavy (non-hydrogen) atoms. The van der Waals surface area contributed by atoms with Crippen LogP contribution in [0.4, 0.5) is 11.4 Å². The first-order valence-corrected chi connectivity index (χ1v) is 7.05. The lowest BCUT2D eigenvalue weighted by atomic mass is 9.83. The molecule has 1 aromatic rings. The average molecular weight is 262 g/mol. The van der Waals surface area contributed by atoms with E-state index in [9.17, 15) is 10.1 Å². The Hall–Kier alpha value is -1.58. The number of aryl methyl sites for hydroxylation is 1. The molecule has 1 aliphatic rings. The Labute approximate surface area is 114 Å². The molecule has 0 bridgehead atoms. The van der Waals surface area contributed by atoms with Crippen LogP contribution in [0, 0.1) is 22.5 Å². The summed E-state index contributed by atoms with van der Waals surface area (Å²) in [4.78, 5) is 10.7. The number of rotatable bonds is 5. The van der Waals surface area contributed by atoms with Crippen LogP contribution in [0.1, 0.15) is 44.6 Å². The summed E-state index contributed by atoms with van der Waals surface area (Å²) in [5, 5.41) is 14.4. The van der Waals surface area contributed by atoms with E-state index in [-0.39, 0.29) is 10.6 Å². The molecule has 0 aliphatic heterocycles. The zero-order valence-corrected chi connectivity index (χ0v) is 11.7. The highest BCUT2D eigenvalue weighted by atomic mass is 16.6. The molecule has 0 radical (unpaired) electrons. The first-order valence-electron chi connectivity index (χ1n) is 7.05. The first-order chi connectivity index (χ1) is 9.06.